The molecule has 8 heteroatoms. The first-order valence-electron chi connectivity index (χ1n) is 8.49. The van der Waals surface area contributed by atoms with Crippen LogP contribution in [0.4, 0.5) is 16.2 Å². The summed E-state index contributed by atoms with van der Waals surface area (Å²) in [6, 6.07) is 7.72. The van der Waals surface area contributed by atoms with Crippen molar-refractivity contribution in [1.82, 2.24) is 9.88 Å². The number of urea groups is 1. The molecule has 27 heavy (non-hydrogen) atoms. The first-order valence-corrected chi connectivity index (χ1v) is 8.49. The van der Waals surface area contributed by atoms with Crippen molar-refractivity contribution in [2.24, 2.45) is 0 Å². The van der Waals surface area contributed by atoms with Gasteiger partial charge in [0.05, 0.1) is 23.0 Å². The molecule has 0 saturated heterocycles. The number of carbonyl (C=O) groups is 3. The number of aromatic nitrogens is 1. The van der Waals surface area contributed by atoms with Crippen molar-refractivity contribution >= 4 is 29.2 Å². The van der Waals surface area contributed by atoms with Gasteiger partial charge >= 0.3 is 6.03 Å². The SMILES string of the molecule is COCCCN1C(=O)c2ccc(NC(=O)Nc3ccc(C)nc3)cc2C1=O. The van der Waals surface area contributed by atoms with Crippen molar-refractivity contribution < 1.29 is 19.1 Å². The molecular weight excluding hydrogens is 348 g/mol. The molecule has 3 rings (SSSR count). The highest BCUT2D eigenvalue weighted by molar-refractivity contribution is 6.22. The van der Waals surface area contributed by atoms with Crippen molar-refractivity contribution in [1.29, 1.82) is 0 Å². The second-order valence-electron chi connectivity index (χ2n) is 6.14. The number of hydrogen-bond acceptors (Lipinski definition) is 5. The van der Waals surface area contributed by atoms with E-state index in [0.717, 1.165) is 5.69 Å². The first-order chi connectivity index (χ1) is 13.0. The van der Waals surface area contributed by atoms with Crippen LogP contribution >= 0.6 is 0 Å². The highest BCUT2D eigenvalue weighted by atomic mass is 16.5. The second-order valence-corrected chi connectivity index (χ2v) is 6.14. The Morgan fingerprint density at radius 2 is 1.78 bits per heavy atom. The molecule has 0 saturated carbocycles. The number of nitrogens with zero attached hydrogens (tertiary/aromatic N) is 2. The van der Waals surface area contributed by atoms with E-state index in [-0.39, 0.29) is 17.4 Å². The third kappa shape index (κ3) is 4.12. The lowest BCUT2D eigenvalue weighted by atomic mass is 10.1. The molecule has 2 N–H and O–H groups in total. The number of methoxy groups -OCH3 is 1. The zero-order chi connectivity index (χ0) is 19.4. The Balaban J connectivity index is 1.68. The lowest BCUT2D eigenvalue weighted by Crippen LogP contribution is -2.31. The minimum atomic E-state index is -0.464. The van der Waals surface area contributed by atoms with Crippen LogP contribution in [-0.4, -0.2) is 48.0 Å². The maximum atomic E-state index is 12.5. The minimum Gasteiger partial charge on any atom is -0.385 e. The quantitative estimate of drug-likeness (QED) is 0.603. The van der Waals surface area contributed by atoms with E-state index in [9.17, 15) is 14.4 Å². The molecule has 0 atom stereocenters. The Morgan fingerprint density at radius 3 is 2.48 bits per heavy atom. The van der Waals surface area contributed by atoms with Crippen LogP contribution in [0.5, 0.6) is 0 Å². The van der Waals surface area contributed by atoms with Gasteiger partial charge in [0.2, 0.25) is 0 Å². The average Bonchev–Trinajstić information content (AvgIpc) is 2.88. The molecule has 2 aromatic rings. The van der Waals surface area contributed by atoms with E-state index in [1.165, 1.54) is 11.0 Å². The molecule has 0 aliphatic carbocycles. The van der Waals surface area contributed by atoms with Crippen molar-refractivity contribution in [2.75, 3.05) is 30.9 Å². The summed E-state index contributed by atoms with van der Waals surface area (Å²) < 4.78 is 4.96. The Morgan fingerprint density at radius 1 is 1.07 bits per heavy atom. The van der Waals surface area contributed by atoms with Gasteiger partial charge in [-0.1, -0.05) is 0 Å². The summed E-state index contributed by atoms with van der Waals surface area (Å²) in [5.74, 6) is -0.689. The number of fused-ring (bicyclic) bond motifs is 1. The van der Waals surface area contributed by atoms with Gasteiger partial charge in [-0.2, -0.15) is 0 Å². The number of amides is 4. The molecule has 0 spiro atoms. The maximum Gasteiger partial charge on any atom is 0.323 e. The molecule has 0 bridgehead atoms. The highest BCUT2D eigenvalue weighted by Gasteiger charge is 2.35. The molecule has 8 nitrogen and oxygen atoms in total. The van der Waals surface area contributed by atoms with E-state index in [1.54, 1.807) is 37.6 Å². The Kier molecular flexibility index (Phi) is 5.46. The monoisotopic (exact) mass is 368 g/mol. The summed E-state index contributed by atoms with van der Waals surface area (Å²) in [6.07, 6.45) is 2.12. The van der Waals surface area contributed by atoms with Crippen molar-refractivity contribution in [3.63, 3.8) is 0 Å². The summed E-state index contributed by atoms with van der Waals surface area (Å²) in [5.41, 5.74) is 2.44. The molecular formula is C19H20N4O4. The van der Waals surface area contributed by atoms with E-state index in [2.05, 4.69) is 15.6 Å². The zero-order valence-electron chi connectivity index (χ0n) is 15.1. The number of imide groups is 1. The van der Waals surface area contributed by atoms with Gasteiger partial charge in [-0.25, -0.2) is 4.79 Å². The summed E-state index contributed by atoms with van der Waals surface area (Å²) in [6.45, 7) is 2.61. The first kappa shape index (κ1) is 18.5. The van der Waals surface area contributed by atoms with Crippen LogP contribution < -0.4 is 10.6 Å². The second kappa shape index (κ2) is 7.96. The molecule has 1 aliphatic heterocycles. The predicted molar refractivity (Wildman–Crippen MR) is 99.9 cm³/mol. The largest absolute Gasteiger partial charge is 0.385 e. The van der Waals surface area contributed by atoms with Crippen LogP contribution in [0.3, 0.4) is 0 Å². The number of carbonyl (C=O) groups excluding carboxylic acids is 3. The van der Waals surface area contributed by atoms with E-state index >= 15 is 0 Å². The number of nitrogens with one attached hydrogen (secondary N) is 2. The number of benzene rings is 1. The molecule has 0 fully saturated rings. The van der Waals surface area contributed by atoms with Crippen molar-refractivity contribution in [2.45, 2.75) is 13.3 Å². The van der Waals surface area contributed by atoms with Crippen molar-refractivity contribution in [3.05, 3.63) is 53.3 Å². The van der Waals surface area contributed by atoms with Gasteiger partial charge in [0.25, 0.3) is 11.8 Å². The molecule has 1 aromatic carbocycles. The van der Waals surface area contributed by atoms with Crippen molar-refractivity contribution in [3.8, 4) is 0 Å². The van der Waals surface area contributed by atoms with Crippen LogP contribution in [0, 0.1) is 6.92 Å². The number of rotatable bonds is 6. The molecule has 0 radical (unpaired) electrons. The molecule has 4 amide bonds. The normalized spacial score (nSPS) is 12.9. The number of aryl methyl sites for hydroxylation is 1. The fourth-order valence-electron chi connectivity index (χ4n) is 2.77. The van der Waals surface area contributed by atoms with Crippen LogP contribution in [0.1, 0.15) is 32.8 Å². The predicted octanol–water partition coefficient (Wildman–Crippen LogP) is 2.67. The number of hydrogen-bond donors (Lipinski definition) is 2. The Hall–Kier alpha value is -3.26. The van der Waals surface area contributed by atoms with Crippen LogP contribution in [-0.2, 0) is 4.74 Å². The lowest BCUT2D eigenvalue weighted by molar-refractivity contribution is 0.0638. The average molecular weight is 368 g/mol. The number of ether oxygens (including phenoxy) is 1. The summed E-state index contributed by atoms with van der Waals surface area (Å²) in [7, 11) is 1.57. The van der Waals surface area contributed by atoms with Gasteiger partial charge in [-0.15, -0.1) is 0 Å². The Labute approximate surface area is 156 Å². The lowest BCUT2D eigenvalue weighted by Gasteiger charge is -2.12. The van der Waals surface area contributed by atoms with E-state index in [4.69, 9.17) is 4.74 Å². The standard InChI is InChI=1S/C19H20N4O4/c1-12-4-5-14(11-20-12)22-19(26)21-13-6-7-15-16(10-13)18(25)23(17(15)24)8-3-9-27-2/h4-7,10-11H,3,8-9H2,1-2H3,(H2,21,22,26). The highest BCUT2D eigenvalue weighted by Crippen LogP contribution is 2.26. The summed E-state index contributed by atoms with van der Waals surface area (Å²) in [4.78, 5) is 42.3. The third-order valence-corrected chi connectivity index (χ3v) is 4.13. The molecule has 140 valence electrons. The fraction of sp³-hybridized carbons (Fsp3) is 0.263. The van der Waals surface area contributed by atoms with E-state index in [1.807, 2.05) is 6.92 Å². The smallest absolute Gasteiger partial charge is 0.323 e. The maximum absolute atomic E-state index is 12.5. The minimum absolute atomic E-state index is 0.284. The Bertz CT molecular complexity index is 880. The molecule has 1 aromatic heterocycles. The van der Waals surface area contributed by atoms with Gasteiger partial charge in [0, 0.05) is 31.6 Å². The molecule has 0 unspecified atom stereocenters. The molecule has 1 aliphatic rings. The summed E-state index contributed by atoms with van der Waals surface area (Å²) in [5, 5.41) is 5.32. The van der Waals surface area contributed by atoms with Gasteiger partial charge in [0.15, 0.2) is 0 Å². The number of pyridine rings is 1. The zero-order valence-corrected chi connectivity index (χ0v) is 15.1. The van der Waals surface area contributed by atoms with E-state index < -0.39 is 6.03 Å². The van der Waals surface area contributed by atoms with Gasteiger partial charge < -0.3 is 15.4 Å². The number of anilines is 2. The summed E-state index contributed by atoms with van der Waals surface area (Å²) >= 11 is 0. The van der Waals surface area contributed by atoms with Gasteiger partial charge in [0.1, 0.15) is 0 Å². The third-order valence-electron chi connectivity index (χ3n) is 4.13. The van der Waals surface area contributed by atoms with Crippen LogP contribution in [0.2, 0.25) is 0 Å². The van der Waals surface area contributed by atoms with Crippen LogP contribution in [0.15, 0.2) is 36.5 Å². The van der Waals surface area contributed by atoms with E-state index in [0.29, 0.717) is 36.5 Å². The van der Waals surface area contributed by atoms with Gasteiger partial charge in [-0.05, 0) is 43.7 Å². The topological polar surface area (TPSA) is 101 Å². The fourth-order valence-corrected chi connectivity index (χ4v) is 2.77. The van der Waals surface area contributed by atoms with Crippen LogP contribution in [0.25, 0.3) is 0 Å². The molecule has 2 heterocycles. The van der Waals surface area contributed by atoms with Gasteiger partial charge in [-0.3, -0.25) is 19.5 Å².